The van der Waals surface area contributed by atoms with E-state index in [4.69, 9.17) is 12.2 Å². The number of amides is 1. The summed E-state index contributed by atoms with van der Waals surface area (Å²) in [6.07, 6.45) is 2.91. The molecule has 0 bridgehead atoms. The summed E-state index contributed by atoms with van der Waals surface area (Å²) in [4.78, 5) is 18.4. The smallest absolute Gasteiger partial charge is 0.256 e. The number of hydrogen-bond acceptors (Lipinski definition) is 3. The fraction of sp³-hybridized carbons (Fsp3) is 0.0833. The molecular formula is C12H11N3OS. The van der Waals surface area contributed by atoms with E-state index in [9.17, 15) is 4.79 Å². The molecule has 0 aliphatic carbocycles. The van der Waals surface area contributed by atoms with E-state index in [1.165, 1.54) is 12.5 Å². The average Bonchev–Trinajstić information content (AvgIpc) is 2.38. The lowest BCUT2D eigenvalue weighted by atomic mass is 10.2. The van der Waals surface area contributed by atoms with Gasteiger partial charge in [-0.05, 0) is 5.56 Å². The maximum Gasteiger partial charge on any atom is 0.256 e. The molecule has 1 aromatic carbocycles. The van der Waals surface area contributed by atoms with Gasteiger partial charge in [0.2, 0.25) is 0 Å². The van der Waals surface area contributed by atoms with E-state index in [1.54, 1.807) is 0 Å². The van der Waals surface area contributed by atoms with Crippen molar-refractivity contribution in [3.8, 4) is 0 Å². The first-order valence-electron chi connectivity index (χ1n) is 5.12. The van der Waals surface area contributed by atoms with E-state index in [0.717, 1.165) is 5.56 Å². The predicted octanol–water partition coefficient (Wildman–Crippen LogP) is 2.07. The van der Waals surface area contributed by atoms with Gasteiger partial charge in [-0.1, -0.05) is 42.5 Å². The topological polar surface area (TPSA) is 57.8 Å². The number of nitrogens with one attached hydrogen (secondary N) is 2. The number of carbonyl (C=O) groups is 1. The molecular weight excluding hydrogens is 234 g/mol. The van der Waals surface area contributed by atoms with E-state index >= 15 is 0 Å². The van der Waals surface area contributed by atoms with Crippen LogP contribution >= 0.6 is 12.2 Å². The lowest BCUT2D eigenvalue weighted by Crippen LogP contribution is -2.23. The summed E-state index contributed by atoms with van der Waals surface area (Å²) in [7, 11) is 0. The molecule has 86 valence electrons. The molecule has 0 aliphatic heterocycles. The standard InChI is InChI=1S/C12H11N3OS/c16-11(10-7-13-8-15-12(10)17)14-6-9-4-2-1-3-5-9/h1-5,7-8H,6H2,(H,14,16)(H,13,15,17). The van der Waals surface area contributed by atoms with E-state index < -0.39 is 0 Å². The molecule has 0 atom stereocenters. The van der Waals surface area contributed by atoms with Crippen LogP contribution in [0.3, 0.4) is 0 Å². The van der Waals surface area contributed by atoms with Crippen molar-refractivity contribution in [3.05, 3.63) is 58.6 Å². The zero-order valence-corrected chi connectivity index (χ0v) is 9.83. The number of carbonyl (C=O) groups excluding carboxylic acids is 1. The summed E-state index contributed by atoms with van der Waals surface area (Å²) in [5, 5.41) is 2.79. The fourth-order valence-electron chi connectivity index (χ4n) is 1.38. The third-order valence-electron chi connectivity index (χ3n) is 2.26. The molecule has 2 N–H and O–H groups in total. The fourth-order valence-corrected chi connectivity index (χ4v) is 1.58. The minimum absolute atomic E-state index is 0.219. The lowest BCUT2D eigenvalue weighted by Gasteiger charge is -2.04. The Morgan fingerprint density at radius 1 is 1.35 bits per heavy atom. The highest BCUT2D eigenvalue weighted by molar-refractivity contribution is 7.71. The van der Waals surface area contributed by atoms with E-state index in [0.29, 0.717) is 16.7 Å². The van der Waals surface area contributed by atoms with Crippen LogP contribution in [-0.4, -0.2) is 15.9 Å². The van der Waals surface area contributed by atoms with Crippen LogP contribution in [0.1, 0.15) is 15.9 Å². The maximum atomic E-state index is 11.8. The third kappa shape index (κ3) is 2.98. The highest BCUT2D eigenvalue weighted by Crippen LogP contribution is 2.00. The van der Waals surface area contributed by atoms with Gasteiger partial charge in [-0.25, -0.2) is 4.98 Å². The summed E-state index contributed by atoms with van der Waals surface area (Å²) in [5.41, 5.74) is 1.43. The molecule has 0 unspecified atom stereocenters. The first kappa shape index (κ1) is 11.5. The Morgan fingerprint density at radius 3 is 2.82 bits per heavy atom. The molecule has 17 heavy (non-hydrogen) atoms. The van der Waals surface area contributed by atoms with E-state index in [1.807, 2.05) is 30.3 Å². The number of benzene rings is 1. The summed E-state index contributed by atoms with van der Waals surface area (Å²) < 4.78 is 0.394. The van der Waals surface area contributed by atoms with Gasteiger partial charge in [-0.3, -0.25) is 4.79 Å². The van der Waals surface area contributed by atoms with Crippen molar-refractivity contribution in [2.75, 3.05) is 0 Å². The Balaban J connectivity index is 2.04. The summed E-state index contributed by atoms with van der Waals surface area (Å²) in [6, 6.07) is 9.69. The van der Waals surface area contributed by atoms with Crippen molar-refractivity contribution < 1.29 is 4.79 Å². The third-order valence-corrected chi connectivity index (χ3v) is 2.60. The van der Waals surface area contributed by atoms with Gasteiger partial charge in [0.1, 0.15) is 4.64 Å². The zero-order chi connectivity index (χ0) is 12.1. The van der Waals surface area contributed by atoms with Gasteiger partial charge in [-0.2, -0.15) is 0 Å². The van der Waals surface area contributed by atoms with Crippen LogP contribution in [0.25, 0.3) is 0 Å². The van der Waals surface area contributed by atoms with Gasteiger partial charge < -0.3 is 10.3 Å². The second-order valence-corrected chi connectivity index (χ2v) is 3.87. The molecule has 5 heteroatoms. The highest BCUT2D eigenvalue weighted by Gasteiger charge is 2.07. The number of hydrogen-bond donors (Lipinski definition) is 2. The largest absolute Gasteiger partial charge is 0.348 e. The monoisotopic (exact) mass is 245 g/mol. The second-order valence-electron chi connectivity index (χ2n) is 3.46. The van der Waals surface area contributed by atoms with Crippen molar-refractivity contribution in [1.82, 2.24) is 15.3 Å². The minimum atomic E-state index is -0.219. The van der Waals surface area contributed by atoms with Crippen molar-refractivity contribution in [1.29, 1.82) is 0 Å². The Labute approximate surface area is 104 Å². The quantitative estimate of drug-likeness (QED) is 0.814. The van der Waals surface area contributed by atoms with Gasteiger partial charge in [0, 0.05) is 12.7 Å². The van der Waals surface area contributed by atoms with Crippen molar-refractivity contribution in [2.45, 2.75) is 6.54 Å². The van der Waals surface area contributed by atoms with Crippen molar-refractivity contribution >= 4 is 18.1 Å². The molecule has 0 spiro atoms. The van der Waals surface area contributed by atoms with Gasteiger partial charge >= 0.3 is 0 Å². The van der Waals surface area contributed by atoms with E-state index in [-0.39, 0.29) is 5.91 Å². The maximum absolute atomic E-state index is 11.8. The summed E-state index contributed by atoms with van der Waals surface area (Å²) in [6.45, 7) is 0.476. The first-order chi connectivity index (χ1) is 8.27. The molecule has 4 nitrogen and oxygen atoms in total. The summed E-state index contributed by atoms with van der Waals surface area (Å²) >= 11 is 5.00. The van der Waals surface area contributed by atoms with Crippen LogP contribution in [0.5, 0.6) is 0 Å². The molecule has 0 radical (unpaired) electrons. The number of rotatable bonds is 3. The van der Waals surface area contributed by atoms with Gasteiger partial charge in [-0.15, -0.1) is 0 Å². The Morgan fingerprint density at radius 2 is 2.12 bits per heavy atom. The normalized spacial score (nSPS) is 9.88. The Bertz CT molecular complexity index is 565. The second kappa shape index (κ2) is 5.36. The zero-order valence-electron chi connectivity index (χ0n) is 9.01. The number of aromatic amines is 1. The van der Waals surface area contributed by atoms with Crippen LogP contribution in [0.4, 0.5) is 0 Å². The van der Waals surface area contributed by atoms with Gasteiger partial charge in [0.25, 0.3) is 5.91 Å². The van der Waals surface area contributed by atoms with Crippen LogP contribution in [-0.2, 0) is 6.54 Å². The summed E-state index contributed by atoms with van der Waals surface area (Å²) in [5.74, 6) is -0.219. The molecule has 0 saturated carbocycles. The minimum Gasteiger partial charge on any atom is -0.348 e. The predicted molar refractivity (Wildman–Crippen MR) is 67.0 cm³/mol. The van der Waals surface area contributed by atoms with Gasteiger partial charge in [0.05, 0.1) is 11.9 Å². The van der Waals surface area contributed by atoms with Gasteiger partial charge in [0.15, 0.2) is 0 Å². The molecule has 1 heterocycles. The van der Waals surface area contributed by atoms with Crippen LogP contribution in [0, 0.1) is 4.64 Å². The average molecular weight is 245 g/mol. The van der Waals surface area contributed by atoms with Crippen molar-refractivity contribution in [2.24, 2.45) is 0 Å². The van der Waals surface area contributed by atoms with Crippen LogP contribution < -0.4 is 5.32 Å². The van der Waals surface area contributed by atoms with Crippen molar-refractivity contribution in [3.63, 3.8) is 0 Å². The molecule has 2 rings (SSSR count). The highest BCUT2D eigenvalue weighted by atomic mass is 32.1. The number of nitrogens with zero attached hydrogens (tertiary/aromatic N) is 1. The SMILES string of the molecule is O=C(NCc1ccccc1)c1cnc[nH]c1=S. The number of H-pyrrole nitrogens is 1. The molecule has 2 aromatic rings. The molecule has 1 amide bonds. The Kier molecular flexibility index (Phi) is 3.62. The lowest BCUT2D eigenvalue weighted by molar-refractivity contribution is 0.0949. The van der Waals surface area contributed by atoms with Crippen LogP contribution in [0.2, 0.25) is 0 Å². The Hall–Kier alpha value is -2.01. The van der Waals surface area contributed by atoms with E-state index in [2.05, 4.69) is 15.3 Å². The number of aromatic nitrogens is 2. The molecule has 0 saturated heterocycles. The first-order valence-corrected chi connectivity index (χ1v) is 5.53. The molecule has 0 fully saturated rings. The molecule has 0 aliphatic rings. The molecule has 1 aromatic heterocycles. The van der Waals surface area contributed by atoms with Crippen LogP contribution in [0.15, 0.2) is 42.9 Å².